The number of carboxylic acid groups (broad SMARTS) is 1. The van der Waals surface area contributed by atoms with Crippen molar-refractivity contribution >= 4 is 17.8 Å². The smallest absolute Gasteiger partial charge is 0.306 e. The highest BCUT2D eigenvalue weighted by Gasteiger charge is 2.45. The molecule has 9 heteroatoms. The monoisotopic (exact) mass is 343 g/mol. The van der Waals surface area contributed by atoms with Gasteiger partial charge in [-0.25, -0.2) is 0 Å². The molecule has 0 radical (unpaired) electrons. The van der Waals surface area contributed by atoms with Crippen molar-refractivity contribution in [3.63, 3.8) is 0 Å². The second-order valence-electron chi connectivity index (χ2n) is 6.69. The van der Waals surface area contributed by atoms with E-state index in [1.54, 1.807) is 7.05 Å². The first-order valence-corrected chi connectivity index (χ1v) is 8.08. The quantitative estimate of drug-likeness (QED) is 0.358. The van der Waals surface area contributed by atoms with Crippen molar-refractivity contribution in [3.05, 3.63) is 0 Å². The number of likely N-dealkylation sites (N-methyl/N-ethyl adjacent to an activating group) is 1. The highest BCUT2D eigenvalue weighted by atomic mass is 16.4. The minimum atomic E-state index is -0.930. The summed E-state index contributed by atoms with van der Waals surface area (Å²) in [7, 11) is 1.66. The molecule has 24 heavy (non-hydrogen) atoms. The topological polar surface area (TPSA) is 151 Å². The summed E-state index contributed by atoms with van der Waals surface area (Å²) in [4.78, 5) is 37.3. The van der Waals surface area contributed by atoms with Crippen molar-refractivity contribution in [1.29, 1.82) is 0 Å². The van der Waals surface area contributed by atoms with Gasteiger partial charge in [0.1, 0.15) is 12.3 Å². The predicted molar refractivity (Wildman–Crippen MR) is 88.4 cm³/mol. The summed E-state index contributed by atoms with van der Waals surface area (Å²) in [5, 5.41) is 14.9. The Labute approximate surface area is 142 Å². The molecule has 0 saturated heterocycles. The minimum absolute atomic E-state index is 0.0476. The molecule has 9 nitrogen and oxygen atoms in total. The van der Waals surface area contributed by atoms with E-state index in [1.165, 1.54) is 11.8 Å². The summed E-state index contributed by atoms with van der Waals surface area (Å²) >= 11 is 0. The van der Waals surface area contributed by atoms with Crippen molar-refractivity contribution in [2.24, 2.45) is 23.3 Å². The van der Waals surface area contributed by atoms with Gasteiger partial charge in [0.25, 0.3) is 0 Å². The van der Waals surface area contributed by atoms with Crippen molar-refractivity contribution in [3.8, 4) is 0 Å². The van der Waals surface area contributed by atoms with E-state index in [9.17, 15) is 19.5 Å². The number of rotatable bonds is 7. The fraction of sp³-hybridized carbons (Fsp3) is 0.800. The summed E-state index contributed by atoms with van der Waals surface area (Å²) in [6.45, 7) is 5.06. The summed E-state index contributed by atoms with van der Waals surface area (Å²) in [6.07, 6.45) is -0.261. The van der Waals surface area contributed by atoms with Gasteiger partial charge in [0.2, 0.25) is 11.8 Å². The molecular formula is C15H29N5O4. The summed E-state index contributed by atoms with van der Waals surface area (Å²) in [5.41, 5.74) is 11.2. The molecule has 0 heterocycles. The van der Waals surface area contributed by atoms with E-state index in [2.05, 4.69) is 10.6 Å². The van der Waals surface area contributed by atoms with Crippen LogP contribution >= 0.6 is 0 Å². The SMILES string of the molecule is CC(=O)NC(C(=O)N(C)C(C)C)C1CC(C(=O)O)CC1NC(N)N. The molecule has 0 spiro atoms. The standard InChI is InChI=1S/C15H29N5O4/c1-7(2)20(4)13(22)12(18-8(3)21)10-5-9(14(23)24)6-11(10)19-15(16)17/h7,9-12,15,19H,5-6,16-17H2,1-4H3,(H,18,21)(H,23,24). The molecule has 2 amide bonds. The van der Waals surface area contributed by atoms with Crippen LogP contribution < -0.4 is 22.1 Å². The van der Waals surface area contributed by atoms with Gasteiger partial charge >= 0.3 is 5.97 Å². The lowest BCUT2D eigenvalue weighted by atomic mass is 9.92. The Morgan fingerprint density at radius 3 is 2.21 bits per heavy atom. The van der Waals surface area contributed by atoms with Crippen LogP contribution in [0.5, 0.6) is 0 Å². The lowest BCUT2D eigenvalue weighted by Crippen LogP contribution is -2.58. The highest BCUT2D eigenvalue weighted by Crippen LogP contribution is 2.34. The van der Waals surface area contributed by atoms with Crippen LogP contribution in [-0.2, 0) is 14.4 Å². The first-order chi connectivity index (χ1) is 11.0. The molecule has 1 rings (SSSR count). The Hall–Kier alpha value is -1.71. The molecule has 1 aliphatic carbocycles. The fourth-order valence-corrected chi connectivity index (χ4v) is 3.12. The molecule has 138 valence electrons. The molecule has 1 saturated carbocycles. The maximum absolute atomic E-state index is 12.8. The number of amides is 2. The summed E-state index contributed by atoms with van der Waals surface area (Å²) in [5.74, 6) is -2.55. The molecule has 4 unspecified atom stereocenters. The Morgan fingerprint density at radius 2 is 1.79 bits per heavy atom. The van der Waals surface area contributed by atoms with E-state index in [0.29, 0.717) is 6.42 Å². The molecule has 4 atom stereocenters. The number of nitrogens with one attached hydrogen (secondary N) is 2. The third kappa shape index (κ3) is 5.15. The van der Waals surface area contributed by atoms with E-state index in [4.69, 9.17) is 11.5 Å². The Morgan fingerprint density at radius 1 is 1.21 bits per heavy atom. The molecule has 0 aliphatic heterocycles. The zero-order chi connectivity index (χ0) is 18.6. The lowest BCUT2D eigenvalue weighted by molar-refractivity contribution is -0.142. The average Bonchev–Trinajstić information content (AvgIpc) is 2.86. The molecule has 0 aromatic carbocycles. The number of carbonyl (C=O) groups excluding carboxylic acids is 2. The van der Waals surface area contributed by atoms with Crippen molar-refractivity contribution in [2.45, 2.75) is 58.0 Å². The maximum Gasteiger partial charge on any atom is 0.306 e. The number of nitrogens with two attached hydrogens (primary N) is 2. The van der Waals surface area contributed by atoms with Gasteiger partial charge in [-0.05, 0) is 26.7 Å². The number of nitrogens with zero attached hydrogens (tertiary/aromatic N) is 1. The van der Waals surface area contributed by atoms with Crippen LogP contribution in [0.2, 0.25) is 0 Å². The molecule has 1 aliphatic rings. The normalized spacial score (nSPS) is 24.9. The molecule has 7 N–H and O–H groups in total. The number of carbonyl (C=O) groups is 3. The largest absolute Gasteiger partial charge is 0.481 e. The van der Waals surface area contributed by atoms with Gasteiger partial charge in [0, 0.05) is 32.0 Å². The Kier molecular flexibility index (Phi) is 7.12. The van der Waals surface area contributed by atoms with Gasteiger partial charge in [-0.2, -0.15) is 0 Å². The Balaban J connectivity index is 3.09. The fourth-order valence-electron chi connectivity index (χ4n) is 3.12. The van der Waals surface area contributed by atoms with Crippen LogP contribution in [0.25, 0.3) is 0 Å². The zero-order valence-corrected chi connectivity index (χ0v) is 14.7. The van der Waals surface area contributed by atoms with Crippen LogP contribution in [0, 0.1) is 11.8 Å². The highest BCUT2D eigenvalue weighted by molar-refractivity contribution is 5.87. The summed E-state index contributed by atoms with van der Waals surface area (Å²) < 4.78 is 0. The van der Waals surface area contributed by atoms with Gasteiger partial charge in [-0.15, -0.1) is 0 Å². The second kappa shape index (κ2) is 8.41. The molecule has 0 aromatic heterocycles. The predicted octanol–water partition coefficient (Wildman–Crippen LogP) is -1.37. The third-order valence-corrected chi connectivity index (χ3v) is 4.54. The third-order valence-electron chi connectivity index (χ3n) is 4.54. The number of hydrogen-bond donors (Lipinski definition) is 5. The molecule has 0 bridgehead atoms. The van der Waals surface area contributed by atoms with Gasteiger partial charge in [-0.1, -0.05) is 0 Å². The minimum Gasteiger partial charge on any atom is -0.481 e. The molecular weight excluding hydrogens is 314 g/mol. The average molecular weight is 343 g/mol. The van der Waals surface area contributed by atoms with Gasteiger partial charge in [0.15, 0.2) is 0 Å². The molecule has 1 fully saturated rings. The van der Waals surface area contributed by atoms with E-state index < -0.39 is 30.1 Å². The van der Waals surface area contributed by atoms with Crippen LogP contribution in [0.1, 0.15) is 33.6 Å². The number of hydrogen-bond acceptors (Lipinski definition) is 6. The zero-order valence-electron chi connectivity index (χ0n) is 14.7. The van der Waals surface area contributed by atoms with Crippen molar-refractivity contribution in [2.75, 3.05) is 7.05 Å². The summed E-state index contributed by atoms with van der Waals surface area (Å²) in [6, 6.07) is -1.24. The van der Waals surface area contributed by atoms with Crippen LogP contribution in [0.15, 0.2) is 0 Å². The van der Waals surface area contributed by atoms with Gasteiger partial charge < -0.3 is 26.8 Å². The first kappa shape index (κ1) is 20.3. The number of aliphatic carboxylic acids is 1. The molecule has 0 aromatic rings. The van der Waals surface area contributed by atoms with Gasteiger partial charge in [-0.3, -0.25) is 19.7 Å². The van der Waals surface area contributed by atoms with Crippen LogP contribution in [0.4, 0.5) is 0 Å². The van der Waals surface area contributed by atoms with E-state index in [1.807, 2.05) is 13.8 Å². The first-order valence-electron chi connectivity index (χ1n) is 8.08. The van der Waals surface area contributed by atoms with Crippen molar-refractivity contribution < 1.29 is 19.5 Å². The second-order valence-corrected chi connectivity index (χ2v) is 6.69. The number of carboxylic acids is 1. The van der Waals surface area contributed by atoms with Crippen molar-refractivity contribution in [1.82, 2.24) is 15.5 Å². The Bertz CT molecular complexity index is 482. The van der Waals surface area contributed by atoms with Gasteiger partial charge in [0.05, 0.1) is 5.92 Å². The van der Waals surface area contributed by atoms with Crippen LogP contribution in [0.3, 0.4) is 0 Å². The van der Waals surface area contributed by atoms with E-state index >= 15 is 0 Å². The van der Waals surface area contributed by atoms with E-state index in [-0.39, 0.29) is 30.3 Å². The lowest BCUT2D eigenvalue weighted by Gasteiger charge is -2.33. The van der Waals surface area contributed by atoms with E-state index in [0.717, 1.165) is 0 Å². The maximum atomic E-state index is 12.8. The van der Waals surface area contributed by atoms with Crippen LogP contribution in [-0.4, -0.2) is 59.3 Å².